The molecule has 1 saturated heterocycles. The van der Waals surface area contributed by atoms with Crippen molar-refractivity contribution >= 4 is 11.6 Å². The zero-order chi connectivity index (χ0) is 14.7. The van der Waals surface area contributed by atoms with Crippen LogP contribution < -0.4 is 10.6 Å². The SMILES string of the molecule is CC(CNC(=O)C1CNc2ccccc21)CN1CCCC1. The molecule has 2 aliphatic heterocycles. The molecular formula is C17H25N3O. The molecule has 114 valence electrons. The highest BCUT2D eigenvalue weighted by Crippen LogP contribution is 2.30. The summed E-state index contributed by atoms with van der Waals surface area (Å²) in [4.78, 5) is 14.9. The van der Waals surface area contributed by atoms with Gasteiger partial charge in [-0.3, -0.25) is 4.79 Å². The van der Waals surface area contributed by atoms with Crippen LogP contribution in [0, 0.1) is 5.92 Å². The Labute approximate surface area is 126 Å². The van der Waals surface area contributed by atoms with E-state index in [1.807, 2.05) is 24.3 Å². The van der Waals surface area contributed by atoms with E-state index in [4.69, 9.17) is 0 Å². The second-order valence-electron chi connectivity index (χ2n) is 6.38. The van der Waals surface area contributed by atoms with E-state index in [1.54, 1.807) is 0 Å². The largest absolute Gasteiger partial charge is 0.384 e. The zero-order valence-electron chi connectivity index (χ0n) is 12.8. The summed E-state index contributed by atoms with van der Waals surface area (Å²) in [5.41, 5.74) is 2.23. The van der Waals surface area contributed by atoms with Crippen molar-refractivity contribution in [3.8, 4) is 0 Å². The summed E-state index contributed by atoms with van der Waals surface area (Å²) in [6, 6.07) is 8.10. The molecule has 2 N–H and O–H groups in total. The zero-order valence-corrected chi connectivity index (χ0v) is 12.8. The second-order valence-corrected chi connectivity index (χ2v) is 6.38. The number of rotatable bonds is 5. The van der Waals surface area contributed by atoms with Crippen molar-refractivity contribution in [2.75, 3.05) is 38.0 Å². The highest BCUT2D eigenvalue weighted by molar-refractivity contribution is 5.88. The van der Waals surface area contributed by atoms with E-state index in [1.165, 1.54) is 25.9 Å². The van der Waals surface area contributed by atoms with Gasteiger partial charge < -0.3 is 15.5 Å². The quantitative estimate of drug-likeness (QED) is 0.871. The van der Waals surface area contributed by atoms with E-state index in [0.717, 1.165) is 24.3 Å². The van der Waals surface area contributed by atoms with Crippen LogP contribution in [0.2, 0.25) is 0 Å². The molecule has 0 radical (unpaired) electrons. The van der Waals surface area contributed by atoms with E-state index in [-0.39, 0.29) is 11.8 Å². The van der Waals surface area contributed by atoms with Gasteiger partial charge in [-0.2, -0.15) is 0 Å². The predicted molar refractivity (Wildman–Crippen MR) is 85.5 cm³/mol. The van der Waals surface area contributed by atoms with Crippen LogP contribution in [0.5, 0.6) is 0 Å². The monoisotopic (exact) mass is 287 g/mol. The van der Waals surface area contributed by atoms with Crippen molar-refractivity contribution in [3.05, 3.63) is 29.8 Å². The van der Waals surface area contributed by atoms with Crippen molar-refractivity contribution < 1.29 is 4.79 Å². The van der Waals surface area contributed by atoms with Crippen molar-refractivity contribution in [2.24, 2.45) is 5.92 Å². The van der Waals surface area contributed by atoms with E-state index in [9.17, 15) is 4.79 Å². The summed E-state index contributed by atoms with van der Waals surface area (Å²) in [5.74, 6) is 0.623. The normalized spacial score (nSPS) is 22.6. The molecule has 1 fully saturated rings. The number of hydrogen-bond donors (Lipinski definition) is 2. The molecule has 1 aromatic rings. The summed E-state index contributed by atoms with van der Waals surface area (Å²) in [5, 5.41) is 6.44. The van der Waals surface area contributed by atoms with Crippen LogP contribution in [0.25, 0.3) is 0 Å². The molecule has 21 heavy (non-hydrogen) atoms. The van der Waals surface area contributed by atoms with Crippen LogP contribution in [0.1, 0.15) is 31.2 Å². The van der Waals surface area contributed by atoms with E-state index >= 15 is 0 Å². The van der Waals surface area contributed by atoms with Crippen molar-refractivity contribution in [2.45, 2.75) is 25.7 Å². The predicted octanol–water partition coefficient (Wildman–Crippen LogP) is 2.04. The van der Waals surface area contributed by atoms with Crippen LogP contribution in [-0.2, 0) is 4.79 Å². The lowest BCUT2D eigenvalue weighted by Crippen LogP contribution is -2.37. The number of benzene rings is 1. The molecule has 1 amide bonds. The minimum Gasteiger partial charge on any atom is -0.384 e. The molecule has 0 aromatic heterocycles. The third-order valence-corrected chi connectivity index (χ3v) is 4.54. The number of carbonyl (C=O) groups excluding carboxylic acids is 1. The Hall–Kier alpha value is -1.55. The van der Waals surface area contributed by atoms with Crippen LogP contribution >= 0.6 is 0 Å². The highest BCUT2D eigenvalue weighted by Gasteiger charge is 2.28. The fraction of sp³-hybridized carbons (Fsp3) is 0.588. The summed E-state index contributed by atoms with van der Waals surface area (Å²) in [6.45, 7) is 7.25. The fourth-order valence-corrected chi connectivity index (χ4v) is 3.39. The van der Waals surface area contributed by atoms with E-state index < -0.39 is 0 Å². The van der Waals surface area contributed by atoms with Gasteiger partial charge in [-0.25, -0.2) is 0 Å². The number of amides is 1. The molecule has 0 aliphatic carbocycles. The molecule has 3 rings (SSSR count). The average molecular weight is 287 g/mol. The van der Waals surface area contributed by atoms with Gasteiger partial charge in [-0.15, -0.1) is 0 Å². The van der Waals surface area contributed by atoms with E-state index in [0.29, 0.717) is 12.5 Å². The molecular weight excluding hydrogens is 262 g/mol. The second kappa shape index (κ2) is 6.48. The lowest BCUT2D eigenvalue weighted by molar-refractivity contribution is -0.122. The first-order chi connectivity index (χ1) is 10.2. The summed E-state index contributed by atoms with van der Waals surface area (Å²) >= 11 is 0. The minimum atomic E-state index is -0.0415. The van der Waals surface area contributed by atoms with Gasteiger partial charge in [-0.05, 0) is 43.5 Å². The van der Waals surface area contributed by atoms with Gasteiger partial charge in [-0.1, -0.05) is 25.1 Å². The van der Waals surface area contributed by atoms with Gasteiger partial charge in [0.1, 0.15) is 0 Å². The third kappa shape index (κ3) is 3.38. The van der Waals surface area contributed by atoms with Crippen molar-refractivity contribution in [1.29, 1.82) is 0 Å². The molecule has 2 atom stereocenters. The van der Waals surface area contributed by atoms with Gasteiger partial charge >= 0.3 is 0 Å². The fourth-order valence-electron chi connectivity index (χ4n) is 3.39. The molecule has 2 unspecified atom stereocenters. The van der Waals surface area contributed by atoms with Crippen LogP contribution in [0.15, 0.2) is 24.3 Å². The number of nitrogens with one attached hydrogen (secondary N) is 2. The molecule has 2 heterocycles. The molecule has 4 heteroatoms. The first-order valence-electron chi connectivity index (χ1n) is 8.07. The molecule has 1 aromatic carbocycles. The molecule has 0 saturated carbocycles. The van der Waals surface area contributed by atoms with Gasteiger partial charge in [0.2, 0.25) is 5.91 Å². The maximum atomic E-state index is 12.4. The number of anilines is 1. The van der Waals surface area contributed by atoms with Gasteiger partial charge in [0.25, 0.3) is 0 Å². The number of carbonyl (C=O) groups is 1. The molecule has 4 nitrogen and oxygen atoms in total. The lowest BCUT2D eigenvalue weighted by Gasteiger charge is -2.21. The highest BCUT2D eigenvalue weighted by atomic mass is 16.1. The summed E-state index contributed by atoms with van der Waals surface area (Å²) in [6.07, 6.45) is 2.65. The Morgan fingerprint density at radius 1 is 1.38 bits per heavy atom. The smallest absolute Gasteiger partial charge is 0.229 e. The molecule has 0 bridgehead atoms. The number of nitrogens with zero attached hydrogens (tertiary/aromatic N) is 1. The number of hydrogen-bond acceptors (Lipinski definition) is 3. The maximum Gasteiger partial charge on any atom is 0.229 e. The van der Waals surface area contributed by atoms with Gasteiger partial charge in [0.15, 0.2) is 0 Å². The Morgan fingerprint density at radius 3 is 2.95 bits per heavy atom. The Bertz CT molecular complexity index is 497. The average Bonchev–Trinajstić information content (AvgIpc) is 3.13. The summed E-state index contributed by atoms with van der Waals surface area (Å²) in [7, 11) is 0. The summed E-state index contributed by atoms with van der Waals surface area (Å²) < 4.78 is 0. The Morgan fingerprint density at radius 2 is 2.14 bits per heavy atom. The van der Waals surface area contributed by atoms with Crippen LogP contribution in [0.4, 0.5) is 5.69 Å². The minimum absolute atomic E-state index is 0.0415. The van der Waals surface area contributed by atoms with E-state index in [2.05, 4.69) is 22.5 Å². The molecule has 0 spiro atoms. The first kappa shape index (κ1) is 14.4. The maximum absolute atomic E-state index is 12.4. The Balaban J connectivity index is 1.48. The van der Waals surface area contributed by atoms with Crippen LogP contribution in [-0.4, -0.2) is 43.5 Å². The third-order valence-electron chi connectivity index (χ3n) is 4.54. The topological polar surface area (TPSA) is 44.4 Å². The number of likely N-dealkylation sites (tertiary alicyclic amines) is 1. The first-order valence-corrected chi connectivity index (χ1v) is 8.07. The Kier molecular flexibility index (Phi) is 4.44. The van der Waals surface area contributed by atoms with Crippen molar-refractivity contribution in [3.63, 3.8) is 0 Å². The van der Waals surface area contributed by atoms with Gasteiger partial charge in [0.05, 0.1) is 5.92 Å². The number of para-hydroxylation sites is 1. The van der Waals surface area contributed by atoms with Gasteiger partial charge in [0, 0.05) is 25.3 Å². The number of fused-ring (bicyclic) bond motifs is 1. The standard InChI is InChI=1S/C17H25N3O/c1-13(12-20-8-4-5-9-20)10-19-17(21)15-11-18-16-7-3-2-6-14(15)16/h2-3,6-7,13,15,18H,4-5,8-12H2,1H3,(H,19,21). The van der Waals surface area contributed by atoms with Crippen LogP contribution in [0.3, 0.4) is 0 Å². The molecule has 2 aliphatic rings. The lowest BCUT2D eigenvalue weighted by atomic mass is 10.0. The van der Waals surface area contributed by atoms with Crippen molar-refractivity contribution in [1.82, 2.24) is 10.2 Å².